The molecule has 2 rings (SSSR count). The molecule has 0 radical (unpaired) electrons. The maximum atomic E-state index is 11.7. The van der Waals surface area contributed by atoms with Crippen LogP contribution in [0, 0.1) is 12.8 Å². The SMILES string of the molecule is Cc1[nH]cnc1CNC(=O)C[C@@H]1CCC[C@H]1N.Cl.Cl. The van der Waals surface area contributed by atoms with Crippen molar-refractivity contribution in [3.63, 3.8) is 0 Å². The topological polar surface area (TPSA) is 83.8 Å². The van der Waals surface area contributed by atoms with Crippen LogP contribution in [0.2, 0.25) is 0 Å². The highest BCUT2D eigenvalue weighted by atomic mass is 35.5. The summed E-state index contributed by atoms with van der Waals surface area (Å²) in [5, 5.41) is 2.90. The van der Waals surface area contributed by atoms with E-state index in [0.717, 1.165) is 30.7 Å². The third-order valence-corrected chi connectivity index (χ3v) is 3.55. The number of rotatable bonds is 4. The molecule has 5 nitrogen and oxygen atoms in total. The van der Waals surface area contributed by atoms with Gasteiger partial charge in [-0.15, -0.1) is 24.8 Å². The van der Waals surface area contributed by atoms with Crippen LogP contribution in [0.5, 0.6) is 0 Å². The minimum atomic E-state index is 0. The van der Waals surface area contributed by atoms with Gasteiger partial charge in [0, 0.05) is 18.2 Å². The number of nitrogens with two attached hydrogens (primary N) is 1. The van der Waals surface area contributed by atoms with Crippen LogP contribution >= 0.6 is 24.8 Å². The molecule has 4 N–H and O–H groups in total. The fourth-order valence-corrected chi connectivity index (χ4v) is 2.38. The molecule has 19 heavy (non-hydrogen) atoms. The van der Waals surface area contributed by atoms with E-state index in [-0.39, 0.29) is 36.8 Å². The lowest BCUT2D eigenvalue weighted by atomic mass is 10.00. The third-order valence-electron chi connectivity index (χ3n) is 3.55. The predicted molar refractivity (Wildman–Crippen MR) is 79.6 cm³/mol. The minimum absolute atomic E-state index is 0. The number of amides is 1. The Morgan fingerprint density at radius 3 is 2.79 bits per heavy atom. The molecule has 0 unspecified atom stereocenters. The molecule has 0 bridgehead atoms. The first kappa shape index (κ1) is 18.2. The lowest BCUT2D eigenvalue weighted by Crippen LogP contribution is -2.31. The number of hydrogen-bond acceptors (Lipinski definition) is 3. The Kier molecular flexibility index (Phi) is 8.06. The average Bonchev–Trinajstić information content (AvgIpc) is 2.86. The first-order chi connectivity index (χ1) is 8.16. The first-order valence-corrected chi connectivity index (χ1v) is 6.18. The molecule has 0 spiro atoms. The highest BCUT2D eigenvalue weighted by Gasteiger charge is 2.25. The number of hydrogen-bond donors (Lipinski definition) is 3. The van der Waals surface area contributed by atoms with Crippen LogP contribution in [0.4, 0.5) is 0 Å². The molecule has 0 aromatic carbocycles. The summed E-state index contributed by atoms with van der Waals surface area (Å²) in [6, 6.07) is 0.202. The van der Waals surface area contributed by atoms with Gasteiger partial charge < -0.3 is 16.0 Å². The molecule has 1 heterocycles. The van der Waals surface area contributed by atoms with E-state index in [2.05, 4.69) is 15.3 Å². The van der Waals surface area contributed by atoms with Crippen molar-refractivity contribution in [2.45, 2.75) is 45.2 Å². The van der Waals surface area contributed by atoms with Crippen molar-refractivity contribution >= 4 is 30.7 Å². The van der Waals surface area contributed by atoms with E-state index in [9.17, 15) is 4.79 Å². The van der Waals surface area contributed by atoms with Crippen molar-refractivity contribution in [3.05, 3.63) is 17.7 Å². The van der Waals surface area contributed by atoms with Gasteiger partial charge in [-0.3, -0.25) is 4.79 Å². The van der Waals surface area contributed by atoms with Crippen LogP contribution in [0.25, 0.3) is 0 Å². The zero-order valence-electron chi connectivity index (χ0n) is 11.0. The number of carbonyl (C=O) groups is 1. The molecule has 1 aromatic heterocycles. The average molecular weight is 309 g/mol. The molecule has 2 atom stereocenters. The van der Waals surface area contributed by atoms with E-state index in [1.165, 1.54) is 0 Å². The predicted octanol–water partition coefficient (Wildman–Crippen LogP) is 1.70. The standard InChI is InChI=1S/C12H20N4O.2ClH/c1-8-11(16-7-15-8)6-14-12(17)5-9-3-2-4-10(9)13;;/h7,9-10H,2-6,13H2,1H3,(H,14,17)(H,15,16);2*1H/t9-,10+;;/m0../s1. The van der Waals surface area contributed by atoms with Crippen LogP contribution in [-0.4, -0.2) is 21.9 Å². The minimum Gasteiger partial charge on any atom is -0.350 e. The number of H-pyrrole nitrogens is 1. The summed E-state index contributed by atoms with van der Waals surface area (Å²) in [5.41, 5.74) is 7.84. The Bertz CT molecular complexity index is 397. The highest BCUT2D eigenvalue weighted by molar-refractivity contribution is 5.85. The molecule has 0 saturated heterocycles. The van der Waals surface area contributed by atoms with Crippen molar-refractivity contribution < 1.29 is 4.79 Å². The second-order valence-corrected chi connectivity index (χ2v) is 4.81. The van der Waals surface area contributed by atoms with Crippen LogP contribution in [0.3, 0.4) is 0 Å². The lowest BCUT2D eigenvalue weighted by molar-refractivity contribution is -0.122. The van der Waals surface area contributed by atoms with E-state index in [1.54, 1.807) is 6.33 Å². The van der Waals surface area contributed by atoms with Crippen LogP contribution in [0.1, 0.15) is 37.1 Å². The molecule has 0 aliphatic heterocycles. The largest absolute Gasteiger partial charge is 0.350 e. The van der Waals surface area contributed by atoms with Gasteiger partial charge in [0.1, 0.15) is 0 Å². The van der Waals surface area contributed by atoms with E-state index in [4.69, 9.17) is 5.73 Å². The Labute approximate surface area is 125 Å². The summed E-state index contributed by atoms with van der Waals surface area (Å²) < 4.78 is 0. The van der Waals surface area contributed by atoms with Gasteiger partial charge >= 0.3 is 0 Å². The number of aryl methyl sites for hydroxylation is 1. The number of halogens is 2. The Hall–Kier alpha value is -0.780. The smallest absolute Gasteiger partial charge is 0.220 e. The molecule has 1 aromatic rings. The van der Waals surface area contributed by atoms with E-state index < -0.39 is 0 Å². The van der Waals surface area contributed by atoms with Crippen molar-refractivity contribution in [3.8, 4) is 0 Å². The summed E-state index contributed by atoms with van der Waals surface area (Å²) in [6.45, 7) is 2.44. The van der Waals surface area contributed by atoms with E-state index in [0.29, 0.717) is 18.9 Å². The zero-order chi connectivity index (χ0) is 12.3. The molecule has 1 amide bonds. The second-order valence-electron chi connectivity index (χ2n) is 4.81. The van der Waals surface area contributed by atoms with Gasteiger partial charge in [0.15, 0.2) is 0 Å². The van der Waals surface area contributed by atoms with Crippen LogP contribution in [-0.2, 0) is 11.3 Å². The van der Waals surface area contributed by atoms with Crippen molar-refractivity contribution in [1.82, 2.24) is 15.3 Å². The molecule has 1 saturated carbocycles. The highest BCUT2D eigenvalue weighted by Crippen LogP contribution is 2.26. The number of nitrogens with zero attached hydrogens (tertiary/aromatic N) is 1. The molecule has 1 fully saturated rings. The Balaban J connectivity index is 0.00000162. The van der Waals surface area contributed by atoms with E-state index in [1.807, 2.05) is 6.92 Å². The molecule has 7 heteroatoms. The fourth-order valence-electron chi connectivity index (χ4n) is 2.38. The van der Waals surface area contributed by atoms with Gasteiger partial charge in [0.05, 0.1) is 18.6 Å². The third kappa shape index (κ3) is 5.01. The molecular formula is C12H22Cl2N4O. The Morgan fingerprint density at radius 2 is 2.26 bits per heavy atom. The monoisotopic (exact) mass is 308 g/mol. The zero-order valence-corrected chi connectivity index (χ0v) is 12.6. The number of imidazole rings is 1. The molecular weight excluding hydrogens is 287 g/mol. The summed E-state index contributed by atoms with van der Waals surface area (Å²) in [5.74, 6) is 0.435. The van der Waals surface area contributed by atoms with Gasteiger partial charge in [0.25, 0.3) is 0 Å². The quantitative estimate of drug-likeness (QED) is 0.791. The summed E-state index contributed by atoms with van der Waals surface area (Å²) in [6.07, 6.45) is 5.47. The van der Waals surface area contributed by atoms with Crippen molar-refractivity contribution in [2.24, 2.45) is 11.7 Å². The normalized spacial score (nSPS) is 21.4. The summed E-state index contributed by atoms with van der Waals surface area (Å²) in [7, 11) is 0. The number of nitrogens with one attached hydrogen (secondary N) is 2. The van der Waals surface area contributed by atoms with Gasteiger partial charge in [-0.05, 0) is 25.7 Å². The second kappa shape index (κ2) is 8.40. The van der Waals surface area contributed by atoms with Crippen molar-refractivity contribution in [2.75, 3.05) is 0 Å². The van der Waals surface area contributed by atoms with Gasteiger partial charge in [-0.1, -0.05) is 6.42 Å². The Morgan fingerprint density at radius 1 is 1.53 bits per heavy atom. The molecule has 1 aliphatic rings. The van der Waals surface area contributed by atoms with Gasteiger partial charge in [0.2, 0.25) is 5.91 Å². The molecule has 110 valence electrons. The molecule has 1 aliphatic carbocycles. The number of carbonyl (C=O) groups excluding carboxylic acids is 1. The van der Waals surface area contributed by atoms with Crippen molar-refractivity contribution in [1.29, 1.82) is 0 Å². The fraction of sp³-hybridized carbons (Fsp3) is 0.667. The first-order valence-electron chi connectivity index (χ1n) is 6.18. The van der Waals surface area contributed by atoms with Gasteiger partial charge in [-0.25, -0.2) is 4.98 Å². The van der Waals surface area contributed by atoms with Crippen LogP contribution in [0.15, 0.2) is 6.33 Å². The van der Waals surface area contributed by atoms with Gasteiger partial charge in [-0.2, -0.15) is 0 Å². The number of aromatic amines is 1. The summed E-state index contributed by atoms with van der Waals surface area (Å²) in [4.78, 5) is 18.9. The number of aromatic nitrogens is 2. The summed E-state index contributed by atoms with van der Waals surface area (Å²) >= 11 is 0. The lowest BCUT2D eigenvalue weighted by Gasteiger charge is -2.14. The maximum absolute atomic E-state index is 11.7. The van der Waals surface area contributed by atoms with Crippen LogP contribution < -0.4 is 11.1 Å². The maximum Gasteiger partial charge on any atom is 0.220 e. The van der Waals surface area contributed by atoms with E-state index >= 15 is 0 Å².